The van der Waals surface area contributed by atoms with Crippen LogP contribution in [0.15, 0.2) is 46.9 Å². The molecule has 0 unspecified atom stereocenters. The Labute approximate surface area is 117 Å². The molecule has 1 N–H and O–H groups in total. The van der Waals surface area contributed by atoms with Gasteiger partial charge in [0.15, 0.2) is 5.76 Å². The minimum absolute atomic E-state index is 0.154. The van der Waals surface area contributed by atoms with Crippen molar-refractivity contribution in [2.24, 2.45) is 5.92 Å². The molecule has 20 heavy (non-hydrogen) atoms. The zero-order valence-corrected chi connectivity index (χ0v) is 11.6. The molecule has 1 heterocycles. The second-order valence-electron chi connectivity index (χ2n) is 5.41. The summed E-state index contributed by atoms with van der Waals surface area (Å²) < 4.78 is 5.66. The Morgan fingerprint density at radius 3 is 2.75 bits per heavy atom. The molecule has 3 rings (SSSR count). The third kappa shape index (κ3) is 2.27. The standard InChI is InChI=1S/C17H17NO2/c1-11(2)10-18-17(19)16-9-14-13-6-4-3-5-12(13)7-8-15(14)20-16/h3-9,11H,10H2,1-2H3,(H,18,19). The van der Waals surface area contributed by atoms with Gasteiger partial charge in [0.1, 0.15) is 5.58 Å². The molecule has 3 heteroatoms. The molecule has 1 aromatic heterocycles. The number of benzene rings is 2. The van der Waals surface area contributed by atoms with Gasteiger partial charge in [0.05, 0.1) is 0 Å². The van der Waals surface area contributed by atoms with Crippen LogP contribution in [-0.2, 0) is 0 Å². The monoisotopic (exact) mass is 267 g/mol. The molecule has 102 valence electrons. The van der Waals surface area contributed by atoms with E-state index in [2.05, 4.69) is 25.2 Å². The van der Waals surface area contributed by atoms with Crippen LogP contribution in [0.25, 0.3) is 21.7 Å². The van der Waals surface area contributed by atoms with Gasteiger partial charge in [0.25, 0.3) is 5.91 Å². The van der Waals surface area contributed by atoms with Crippen LogP contribution >= 0.6 is 0 Å². The van der Waals surface area contributed by atoms with E-state index in [1.54, 1.807) is 0 Å². The molecule has 0 saturated heterocycles. The SMILES string of the molecule is CC(C)CNC(=O)c1cc2c(ccc3ccccc32)o1. The van der Waals surface area contributed by atoms with Gasteiger partial charge in [0.2, 0.25) is 0 Å². The summed E-state index contributed by atoms with van der Waals surface area (Å²) in [5, 5.41) is 6.11. The summed E-state index contributed by atoms with van der Waals surface area (Å²) in [4.78, 5) is 12.0. The maximum Gasteiger partial charge on any atom is 0.287 e. The number of fused-ring (bicyclic) bond motifs is 3. The second-order valence-corrected chi connectivity index (χ2v) is 5.41. The van der Waals surface area contributed by atoms with Crippen molar-refractivity contribution in [1.82, 2.24) is 5.32 Å². The van der Waals surface area contributed by atoms with Crippen molar-refractivity contribution in [2.45, 2.75) is 13.8 Å². The van der Waals surface area contributed by atoms with Crippen molar-refractivity contribution >= 4 is 27.6 Å². The number of carbonyl (C=O) groups excluding carboxylic acids is 1. The predicted molar refractivity (Wildman–Crippen MR) is 80.9 cm³/mol. The van der Waals surface area contributed by atoms with Crippen LogP contribution in [0.4, 0.5) is 0 Å². The van der Waals surface area contributed by atoms with Crippen LogP contribution < -0.4 is 5.32 Å². The maximum absolute atomic E-state index is 12.0. The minimum Gasteiger partial charge on any atom is -0.451 e. The number of carbonyl (C=O) groups is 1. The van der Waals surface area contributed by atoms with E-state index in [0.717, 1.165) is 21.7 Å². The van der Waals surface area contributed by atoms with E-state index in [9.17, 15) is 4.79 Å². The molecule has 0 aliphatic heterocycles. The number of hydrogen-bond donors (Lipinski definition) is 1. The molecule has 1 amide bonds. The van der Waals surface area contributed by atoms with E-state index in [4.69, 9.17) is 4.42 Å². The Morgan fingerprint density at radius 2 is 1.95 bits per heavy atom. The number of rotatable bonds is 3. The lowest BCUT2D eigenvalue weighted by Gasteiger charge is -2.04. The number of furan rings is 1. The van der Waals surface area contributed by atoms with Gasteiger partial charge < -0.3 is 9.73 Å². The highest BCUT2D eigenvalue weighted by Crippen LogP contribution is 2.28. The molecule has 3 nitrogen and oxygen atoms in total. The summed E-state index contributed by atoms with van der Waals surface area (Å²) in [5.74, 6) is 0.639. The van der Waals surface area contributed by atoms with E-state index in [0.29, 0.717) is 18.2 Å². The molecule has 0 spiro atoms. The first-order valence-electron chi connectivity index (χ1n) is 6.84. The van der Waals surface area contributed by atoms with E-state index in [1.165, 1.54) is 0 Å². The highest BCUT2D eigenvalue weighted by molar-refractivity contribution is 6.08. The maximum atomic E-state index is 12.0. The summed E-state index contributed by atoms with van der Waals surface area (Å²) in [7, 11) is 0. The third-order valence-corrected chi connectivity index (χ3v) is 3.32. The Morgan fingerprint density at radius 1 is 1.15 bits per heavy atom. The van der Waals surface area contributed by atoms with Crippen molar-refractivity contribution in [3.63, 3.8) is 0 Å². The van der Waals surface area contributed by atoms with Crippen LogP contribution in [-0.4, -0.2) is 12.5 Å². The van der Waals surface area contributed by atoms with Crippen molar-refractivity contribution in [3.05, 3.63) is 48.2 Å². The first-order valence-corrected chi connectivity index (χ1v) is 6.84. The minimum atomic E-state index is -0.154. The predicted octanol–water partition coefficient (Wildman–Crippen LogP) is 3.97. The largest absolute Gasteiger partial charge is 0.451 e. The fourth-order valence-electron chi connectivity index (χ4n) is 2.29. The summed E-state index contributed by atoms with van der Waals surface area (Å²) in [6.45, 7) is 4.77. The summed E-state index contributed by atoms with van der Waals surface area (Å²) in [5.41, 5.74) is 0.749. The smallest absolute Gasteiger partial charge is 0.287 e. The topological polar surface area (TPSA) is 42.2 Å². The molecule has 0 saturated carbocycles. The summed E-state index contributed by atoms with van der Waals surface area (Å²) in [6, 6.07) is 13.8. The zero-order valence-electron chi connectivity index (χ0n) is 11.6. The fraction of sp³-hybridized carbons (Fsp3) is 0.235. The van der Waals surface area contributed by atoms with Gasteiger partial charge in [-0.25, -0.2) is 0 Å². The molecular formula is C17H17NO2. The summed E-state index contributed by atoms with van der Waals surface area (Å²) in [6.07, 6.45) is 0. The van der Waals surface area contributed by atoms with Crippen molar-refractivity contribution in [1.29, 1.82) is 0 Å². The zero-order chi connectivity index (χ0) is 14.1. The molecule has 0 fully saturated rings. The van der Waals surface area contributed by atoms with Crippen molar-refractivity contribution in [2.75, 3.05) is 6.54 Å². The van der Waals surface area contributed by atoms with Gasteiger partial charge >= 0.3 is 0 Å². The Bertz CT molecular complexity index is 771. The number of nitrogens with one attached hydrogen (secondary N) is 1. The van der Waals surface area contributed by atoms with Crippen LogP contribution in [0.3, 0.4) is 0 Å². The van der Waals surface area contributed by atoms with Gasteiger partial charge in [-0.1, -0.05) is 44.2 Å². The third-order valence-electron chi connectivity index (χ3n) is 3.32. The average molecular weight is 267 g/mol. The molecule has 0 bridgehead atoms. The van der Waals surface area contributed by atoms with E-state index >= 15 is 0 Å². The normalized spacial score (nSPS) is 11.3. The summed E-state index contributed by atoms with van der Waals surface area (Å²) >= 11 is 0. The Kier molecular flexibility index (Phi) is 3.18. The lowest BCUT2D eigenvalue weighted by atomic mass is 10.1. The molecule has 0 atom stereocenters. The second kappa shape index (κ2) is 5.00. The first-order chi connectivity index (χ1) is 9.65. The van der Waals surface area contributed by atoms with E-state index < -0.39 is 0 Å². The van der Waals surface area contributed by atoms with Gasteiger partial charge in [-0.15, -0.1) is 0 Å². The Hall–Kier alpha value is -2.29. The van der Waals surface area contributed by atoms with Crippen molar-refractivity contribution in [3.8, 4) is 0 Å². The van der Waals surface area contributed by atoms with Gasteiger partial charge in [-0.05, 0) is 28.8 Å². The molecule has 0 radical (unpaired) electrons. The fourth-order valence-corrected chi connectivity index (χ4v) is 2.29. The van der Waals surface area contributed by atoms with E-state index in [1.807, 2.05) is 36.4 Å². The number of amides is 1. The molecule has 0 aliphatic carbocycles. The molecular weight excluding hydrogens is 250 g/mol. The van der Waals surface area contributed by atoms with Crippen LogP contribution in [0.2, 0.25) is 0 Å². The van der Waals surface area contributed by atoms with Gasteiger partial charge in [0, 0.05) is 11.9 Å². The van der Waals surface area contributed by atoms with Crippen LogP contribution in [0.5, 0.6) is 0 Å². The Balaban J connectivity index is 2.02. The first kappa shape index (κ1) is 12.7. The molecule has 0 aliphatic rings. The van der Waals surface area contributed by atoms with Gasteiger partial charge in [-0.3, -0.25) is 4.79 Å². The molecule has 3 aromatic rings. The average Bonchev–Trinajstić information content (AvgIpc) is 2.89. The quantitative estimate of drug-likeness (QED) is 0.780. The lowest BCUT2D eigenvalue weighted by molar-refractivity contribution is 0.0923. The van der Waals surface area contributed by atoms with Crippen molar-refractivity contribution < 1.29 is 9.21 Å². The molecule has 2 aromatic carbocycles. The number of hydrogen-bond acceptors (Lipinski definition) is 2. The lowest BCUT2D eigenvalue weighted by Crippen LogP contribution is -2.26. The van der Waals surface area contributed by atoms with Gasteiger partial charge in [-0.2, -0.15) is 0 Å². The van der Waals surface area contributed by atoms with Crippen LogP contribution in [0, 0.1) is 5.92 Å². The highest BCUT2D eigenvalue weighted by Gasteiger charge is 2.13. The van der Waals surface area contributed by atoms with E-state index in [-0.39, 0.29) is 5.91 Å². The highest BCUT2D eigenvalue weighted by atomic mass is 16.3. The van der Waals surface area contributed by atoms with Crippen LogP contribution in [0.1, 0.15) is 24.4 Å².